The second-order valence-electron chi connectivity index (χ2n) is 4.51. The van der Waals surface area contributed by atoms with E-state index in [1.807, 2.05) is 0 Å². The fourth-order valence-electron chi connectivity index (χ4n) is 1.88. The summed E-state index contributed by atoms with van der Waals surface area (Å²) < 4.78 is 39.2. The molecule has 112 valence electrons. The molecule has 0 atom stereocenters. The maximum atomic E-state index is 12.6. The molecule has 0 aliphatic heterocycles. The van der Waals surface area contributed by atoms with E-state index in [1.165, 1.54) is 17.8 Å². The van der Waals surface area contributed by atoms with Crippen molar-refractivity contribution in [2.75, 3.05) is 6.54 Å². The van der Waals surface area contributed by atoms with Gasteiger partial charge in [-0.3, -0.25) is 9.48 Å². The summed E-state index contributed by atoms with van der Waals surface area (Å²) >= 11 is 0. The molecule has 0 aliphatic carbocycles. The van der Waals surface area contributed by atoms with E-state index in [4.69, 9.17) is 5.73 Å². The van der Waals surface area contributed by atoms with Crippen molar-refractivity contribution in [1.29, 1.82) is 0 Å². The zero-order valence-electron chi connectivity index (χ0n) is 11.2. The minimum absolute atomic E-state index is 0.0753. The standard InChI is InChI=1S/C13H13F3N4O/c1-8-6-9(13(14,15)16)2-3-10(8)12(21)11-7-20(5-4-17)19-18-11/h2-3,6-7H,4-5,17H2,1H3. The summed E-state index contributed by atoms with van der Waals surface area (Å²) in [7, 11) is 0. The van der Waals surface area contributed by atoms with E-state index in [9.17, 15) is 18.0 Å². The number of rotatable bonds is 4. The largest absolute Gasteiger partial charge is 0.416 e. The molecular formula is C13H13F3N4O. The highest BCUT2D eigenvalue weighted by Crippen LogP contribution is 2.30. The smallest absolute Gasteiger partial charge is 0.329 e. The number of carbonyl (C=O) groups excluding carboxylic acids is 1. The van der Waals surface area contributed by atoms with Gasteiger partial charge in [-0.2, -0.15) is 13.2 Å². The first-order chi connectivity index (χ1) is 9.82. The van der Waals surface area contributed by atoms with Crippen LogP contribution >= 0.6 is 0 Å². The monoisotopic (exact) mass is 298 g/mol. The Morgan fingerprint density at radius 2 is 2.10 bits per heavy atom. The Morgan fingerprint density at radius 3 is 2.67 bits per heavy atom. The molecule has 8 heteroatoms. The number of alkyl halides is 3. The normalized spacial score (nSPS) is 11.7. The molecule has 0 saturated heterocycles. The van der Waals surface area contributed by atoms with Crippen molar-refractivity contribution in [3.05, 3.63) is 46.8 Å². The fraction of sp³-hybridized carbons (Fsp3) is 0.308. The highest BCUT2D eigenvalue weighted by molar-refractivity contribution is 6.08. The first-order valence-electron chi connectivity index (χ1n) is 6.15. The molecule has 0 amide bonds. The van der Waals surface area contributed by atoms with Crippen LogP contribution in [0.4, 0.5) is 13.2 Å². The minimum atomic E-state index is -4.43. The fourth-order valence-corrected chi connectivity index (χ4v) is 1.88. The Morgan fingerprint density at radius 1 is 1.38 bits per heavy atom. The lowest BCUT2D eigenvalue weighted by Gasteiger charge is -2.09. The van der Waals surface area contributed by atoms with Gasteiger partial charge in [0.2, 0.25) is 5.78 Å². The number of carbonyl (C=O) groups is 1. The van der Waals surface area contributed by atoms with E-state index in [2.05, 4.69) is 10.3 Å². The minimum Gasteiger partial charge on any atom is -0.329 e. The van der Waals surface area contributed by atoms with E-state index in [1.54, 1.807) is 0 Å². The summed E-state index contributed by atoms with van der Waals surface area (Å²) in [5, 5.41) is 7.43. The molecule has 0 unspecified atom stereocenters. The predicted octanol–water partition coefficient (Wildman–Crippen LogP) is 1.80. The summed E-state index contributed by atoms with van der Waals surface area (Å²) in [4.78, 5) is 12.2. The summed E-state index contributed by atoms with van der Waals surface area (Å²) in [6.07, 6.45) is -3.01. The van der Waals surface area contributed by atoms with Gasteiger partial charge in [0.15, 0.2) is 5.69 Å². The van der Waals surface area contributed by atoms with Gasteiger partial charge >= 0.3 is 6.18 Å². The Hall–Kier alpha value is -2.22. The van der Waals surface area contributed by atoms with Gasteiger partial charge in [-0.15, -0.1) is 5.10 Å². The molecule has 21 heavy (non-hydrogen) atoms. The molecule has 0 spiro atoms. The number of aromatic nitrogens is 3. The SMILES string of the molecule is Cc1cc(C(F)(F)F)ccc1C(=O)c1cn(CCN)nn1. The second kappa shape index (κ2) is 5.65. The maximum absolute atomic E-state index is 12.6. The summed E-state index contributed by atoms with van der Waals surface area (Å²) in [5.74, 6) is -0.468. The van der Waals surface area contributed by atoms with Crippen LogP contribution in [0.25, 0.3) is 0 Å². The molecule has 0 aliphatic rings. The molecule has 0 saturated carbocycles. The van der Waals surface area contributed by atoms with Gasteiger partial charge in [0.05, 0.1) is 18.3 Å². The van der Waals surface area contributed by atoms with E-state index in [-0.39, 0.29) is 16.8 Å². The average molecular weight is 298 g/mol. The summed E-state index contributed by atoms with van der Waals surface area (Å²) in [5.41, 5.74) is 5.05. The van der Waals surface area contributed by atoms with Crippen LogP contribution in [0.15, 0.2) is 24.4 Å². The molecule has 1 aromatic carbocycles. The second-order valence-corrected chi connectivity index (χ2v) is 4.51. The van der Waals surface area contributed by atoms with E-state index in [0.29, 0.717) is 13.1 Å². The van der Waals surface area contributed by atoms with Crippen molar-refractivity contribution in [2.24, 2.45) is 5.73 Å². The number of benzene rings is 1. The van der Waals surface area contributed by atoms with Crippen molar-refractivity contribution >= 4 is 5.78 Å². The number of nitrogens with two attached hydrogens (primary N) is 1. The molecular weight excluding hydrogens is 285 g/mol. The lowest BCUT2D eigenvalue weighted by atomic mass is 10.00. The van der Waals surface area contributed by atoms with Gasteiger partial charge in [0.1, 0.15) is 0 Å². The molecule has 5 nitrogen and oxygen atoms in total. The van der Waals surface area contributed by atoms with Crippen LogP contribution in [-0.2, 0) is 12.7 Å². The van der Waals surface area contributed by atoms with Gasteiger partial charge in [-0.25, -0.2) is 0 Å². The van der Waals surface area contributed by atoms with Gasteiger partial charge in [0, 0.05) is 12.1 Å². The predicted molar refractivity (Wildman–Crippen MR) is 68.7 cm³/mol. The van der Waals surface area contributed by atoms with Gasteiger partial charge in [-0.1, -0.05) is 11.3 Å². The lowest BCUT2D eigenvalue weighted by molar-refractivity contribution is -0.137. The van der Waals surface area contributed by atoms with Crippen molar-refractivity contribution in [1.82, 2.24) is 15.0 Å². The molecule has 1 heterocycles. The van der Waals surface area contributed by atoms with Crippen molar-refractivity contribution in [2.45, 2.75) is 19.6 Å². The Bertz CT molecular complexity index is 664. The summed E-state index contributed by atoms with van der Waals surface area (Å²) in [6.45, 7) is 2.20. The molecule has 1 aromatic heterocycles. The van der Waals surface area contributed by atoms with Crippen LogP contribution in [0.5, 0.6) is 0 Å². The molecule has 2 aromatic rings. The van der Waals surface area contributed by atoms with Gasteiger partial charge in [-0.05, 0) is 24.6 Å². The number of ketones is 1. The molecule has 2 N–H and O–H groups in total. The third kappa shape index (κ3) is 3.27. The topological polar surface area (TPSA) is 73.8 Å². The average Bonchev–Trinajstić information content (AvgIpc) is 2.86. The maximum Gasteiger partial charge on any atom is 0.416 e. The highest BCUT2D eigenvalue weighted by Gasteiger charge is 2.31. The number of aryl methyl sites for hydroxylation is 1. The third-order valence-corrected chi connectivity index (χ3v) is 2.93. The Kier molecular flexibility index (Phi) is 4.08. The number of halogens is 3. The van der Waals surface area contributed by atoms with E-state index >= 15 is 0 Å². The third-order valence-electron chi connectivity index (χ3n) is 2.93. The van der Waals surface area contributed by atoms with Gasteiger partial charge < -0.3 is 5.73 Å². The van der Waals surface area contributed by atoms with Crippen LogP contribution in [0.1, 0.15) is 27.2 Å². The molecule has 2 rings (SSSR count). The van der Waals surface area contributed by atoms with E-state index in [0.717, 1.165) is 18.2 Å². The number of nitrogens with zero attached hydrogens (tertiary/aromatic N) is 3. The summed E-state index contributed by atoms with van der Waals surface area (Å²) in [6, 6.07) is 2.98. The number of hydrogen-bond acceptors (Lipinski definition) is 4. The quantitative estimate of drug-likeness (QED) is 0.873. The molecule has 0 radical (unpaired) electrons. The van der Waals surface area contributed by atoms with Crippen LogP contribution in [-0.4, -0.2) is 27.3 Å². The highest BCUT2D eigenvalue weighted by atomic mass is 19.4. The van der Waals surface area contributed by atoms with Gasteiger partial charge in [0.25, 0.3) is 0 Å². The van der Waals surface area contributed by atoms with Crippen LogP contribution in [0.3, 0.4) is 0 Å². The Balaban J connectivity index is 2.30. The first-order valence-corrected chi connectivity index (χ1v) is 6.15. The number of hydrogen-bond donors (Lipinski definition) is 1. The van der Waals surface area contributed by atoms with Crippen LogP contribution in [0, 0.1) is 6.92 Å². The van der Waals surface area contributed by atoms with Crippen LogP contribution < -0.4 is 5.73 Å². The molecule has 0 bridgehead atoms. The lowest BCUT2D eigenvalue weighted by Crippen LogP contribution is -2.10. The van der Waals surface area contributed by atoms with Crippen molar-refractivity contribution in [3.63, 3.8) is 0 Å². The zero-order valence-corrected chi connectivity index (χ0v) is 11.2. The zero-order chi connectivity index (χ0) is 15.6. The Labute approximate surface area is 118 Å². The van der Waals surface area contributed by atoms with Crippen molar-refractivity contribution in [3.8, 4) is 0 Å². The first kappa shape index (κ1) is 15.2. The van der Waals surface area contributed by atoms with Crippen LogP contribution in [0.2, 0.25) is 0 Å². The van der Waals surface area contributed by atoms with Crippen molar-refractivity contribution < 1.29 is 18.0 Å². The molecule has 0 fully saturated rings. The van der Waals surface area contributed by atoms with E-state index < -0.39 is 17.5 Å².